The number of aromatic nitrogens is 3. The smallest absolute Gasteiger partial charge is 0.246 e. The van der Waals surface area contributed by atoms with E-state index in [0.717, 1.165) is 11.3 Å². The summed E-state index contributed by atoms with van der Waals surface area (Å²) in [7, 11) is 0. The molecular formula is C11H12BrN5O. The predicted molar refractivity (Wildman–Crippen MR) is 71.9 cm³/mol. The maximum atomic E-state index is 11.8. The van der Waals surface area contributed by atoms with Crippen LogP contribution in [0.2, 0.25) is 0 Å². The topological polar surface area (TPSA) is 85.8 Å². The number of carbonyl (C=O) groups is 1. The summed E-state index contributed by atoms with van der Waals surface area (Å²) in [5, 5.41) is 6.70. The Hall–Kier alpha value is -1.89. The number of carbonyl (C=O) groups excluding carboxylic acids is 1. The number of benzene rings is 1. The number of anilines is 2. The number of nitrogens with zero attached hydrogens (tertiary/aromatic N) is 3. The van der Waals surface area contributed by atoms with Crippen LogP contribution in [0.25, 0.3) is 0 Å². The molecule has 1 aromatic carbocycles. The largest absolute Gasteiger partial charge is 0.366 e. The van der Waals surface area contributed by atoms with Gasteiger partial charge in [0.05, 0.1) is 0 Å². The molecule has 0 spiro atoms. The summed E-state index contributed by atoms with van der Waals surface area (Å²) in [4.78, 5) is 15.7. The van der Waals surface area contributed by atoms with Crippen molar-refractivity contribution in [2.75, 3.05) is 11.1 Å². The van der Waals surface area contributed by atoms with Gasteiger partial charge in [0, 0.05) is 5.69 Å². The van der Waals surface area contributed by atoms with Crippen LogP contribution in [-0.2, 0) is 11.3 Å². The van der Waals surface area contributed by atoms with E-state index in [4.69, 9.17) is 5.73 Å². The Labute approximate surface area is 112 Å². The number of hydrogen-bond donors (Lipinski definition) is 2. The van der Waals surface area contributed by atoms with E-state index >= 15 is 0 Å². The first-order valence-electron chi connectivity index (χ1n) is 5.27. The molecule has 6 nitrogen and oxygen atoms in total. The highest BCUT2D eigenvalue weighted by atomic mass is 79.9. The second kappa shape index (κ2) is 5.18. The first kappa shape index (κ1) is 12.6. The highest BCUT2D eigenvalue weighted by Crippen LogP contribution is 2.13. The molecule has 0 fully saturated rings. The molecule has 0 aliphatic rings. The summed E-state index contributed by atoms with van der Waals surface area (Å²) in [6.07, 6.45) is 0. The van der Waals surface area contributed by atoms with E-state index in [2.05, 4.69) is 31.3 Å². The number of nitrogens with two attached hydrogens (primary N) is 1. The van der Waals surface area contributed by atoms with Gasteiger partial charge in [-0.3, -0.25) is 4.79 Å². The normalized spacial score (nSPS) is 10.3. The summed E-state index contributed by atoms with van der Waals surface area (Å²) in [6.45, 7) is 1.98. The molecule has 1 amide bonds. The Morgan fingerprint density at radius 1 is 1.50 bits per heavy atom. The zero-order valence-corrected chi connectivity index (χ0v) is 11.3. The molecule has 94 valence electrons. The van der Waals surface area contributed by atoms with Crippen LogP contribution in [0.3, 0.4) is 0 Å². The summed E-state index contributed by atoms with van der Waals surface area (Å²) in [6, 6.07) is 7.56. The van der Waals surface area contributed by atoms with Crippen LogP contribution in [0.5, 0.6) is 0 Å². The number of rotatable bonds is 3. The van der Waals surface area contributed by atoms with Gasteiger partial charge in [-0.25, -0.2) is 4.68 Å². The van der Waals surface area contributed by atoms with Crippen molar-refractivity contribution in [1.82, 2.24) is 14.8 Å². The quantitative estimate of drug-likeness (QED) is 0.901. The second-order valence-corrected chi connectivity index (χ2v) is 4.47. The SMILES string of the molecule is Cc1ccccc1NC(=O)Cn1nc(N)nc1Br. The molecule has 1 heterocycles. The van der Waals surface area contributed by atoms with Crippen molar-refractivity contribution >= 4 is 33.5 Å². The molecule has 0 radical (unpaired) electrons. The van der Waals surface area contributed by atoms with Crippen LogP contribution < -0.4 is 11.1 Å². The van der Waals surface area contributed by atoms with E-state index in [0.29, 0.717) is 4.73 Å². The Morgan fingerprint density at radius 3 is 2.83 bits per heavy atom. The van der Waals surface area contributed by atoms with E-state index in [1.54, 1.807) is 0 Å². The molecule has 2 aromatic rings. The molecule has 0 aliphatic carbocycles. The van der Waals surface area contributed by atoms with Crippen LogP contribution in [0.1, 0.15) is 5.56 Å². The fourth-order valence-electron chi connectivity index (χ4n) is 1.48. The molecule has 0 unspecified atom stereocenters. The second-order valence-electron chi connectivity index (χ2n) is 3.76. The Kier molecular flexibility index (Phi) is 3.61. The molecule has 1 aromatic heterocycles. The lowest BCUT2D eigenvalue weighted by atomic mass is 10.2. The first-order valence-corrected chi connectivity index (χ1v) is 6.07. The fraction of sp³-hybridized carbons (Fsp3) is 0.182. The van der Waals surface area contributed by atoms with Crippen LogP contribution >= 0.6 is 15.9 Å². The number of halogens is 1. The van der Waals surface area contributed by atoms with Gasteiger partial charge in [0.1, 0.15) is 6.54 Å². The molecule has 0 saturated heterocycles. The van der Waals surface area contributed by atoms with Crippen molar-refractivity contribution in [1.29, 1.82) is 0 Å². The maximum Gasteiger partial charge on any atom is 0.246 e. The maximum absolute atomic E-state index is 11.8. The zero-order valence-electron chi connectivity index (χ0n) is 9.72. The summed E-state index contributed by atoms with van der Waals surface area (Å²) in [5.41, 5.74) is 7.21. The van der Waals surface area contributed by atoms with E-state index in [-0.39, 0.29) is 18.4 Å². The molecular weight excluding hydrogens is 298 g/mol. The molecule has 7 heteroatoms. The van der Waals surface area contributed by atoms with Gasteiger partial charge in [0.25, 0.3) is 0 Å². The minimum absolute atomic E-state index is 0.0547. The lowest BCUT2D eigenvalue weighted by Gasteiger charge is -2.08. The van der Waals surface area contributed by atoms with Crippen LogP contribution in [0.15, 0.2) is 29.0 Å². The third kappa shape index (κ3) is 2.86. The number of nitrogens with one attached hydrogen (secondary N) is 1. The molecule has 0 aliphatic heterocycles. The number of hydrogen-bond acceptors (Lipinski definition) is 4. The average molecular weight is 310 g/mol. The molecule has 2 rings (SSSR count). The van der Waals surface area contributed by atoms with Crippen molar-refractivity contribution in [2.24, 2.45) is 0 Å². The highest BCUT2D eigenvalue weighted by Gasteiger charge is 2.10. The number of para-hydroxylation sites is 1. The first-order chi connectivity index (χ1) is 8.56. The third-order valence-corrected chi connectivity index (χ3v) is 2.94. The van der Waals surface area contributed by atoms with Gasteiger partial charge in [0.15, 0.2) is 4.73 Å². The molecule has 0 bridgehead atoms. The number of amides is 1. The van der Waals surface area contributed by atoms with Crippen LogP contribution in [0, 0.1) is 6.92 Å². The third-order valence-electron chi connectivity index (χ3n) is 2.36. The highest BCUT2D eigenvalue weighted by molar-refractivity contribution is 9.10. The summed E-state index contributed by atoms with van der Waals surface area (Å²) >= 11 is 3.17. The lowest BCUT2D eigenvalue weighted by Crippen LogP contribution is -2.20. The molecule has 18 heavy (non-hydrogen) atoms. The Morgan fingerprint density at radius 2 is 2.22 bits per heavy atom. The van der Waals surface area contributed by atoms with Gasteiger partial charge in [0.2, 0.25) is 11.9 Å². The predicted octanol–water partition coefficient (Wildman–Crippen LogP) is 1.57. The summed E-state index contributed by atoms with van der Waals surface area (Å²) < 4.78 is 1.82. The summed E-state index contributed by atoms with van der Waals surface area (Å²) in [5.74, 6) is -0.0551. The Balaban J connectivity index is 2.06. The van der Waals surface area contributed by atoms with E-state index in [1.807, 2.05) is 31.2 Å². The van der Waals surface area contributed by atoms with Crippen LogP contribution in [0.4, 0.5) is 11.6 Å². The van der Waals surface area contributed by atoms with Gasteiger partial charge in [-0.05, 0) is 34.5 Å². The van der Waals surface area contributed by atoms with Gasteiger partial charge < -0.3 is 11.1 Å². The monoisotopic (exact) mass is 309 g/mol. The van der Waals surface area contributed by atoms with Gasteiger partial charge >= 0.3 is 0 Å². The van der Waals surface area contributed by atoms with E-state index in [9.17, 15) is 4.79 Å². The minimum atomic E-state index is -0.185. The molecule has 3 N–H and O–H groups in total. The molecule has 0 saturated carbocycles. The van der Waals surface area contributed by atoms with E-state index in [1.165, 1.54) is 4.68 Å². The van der Waals surface area contributed by atoms with Gasteiger partial charge in [-0.15, -0.1) is 5.10 Å². The van der Waals surface area contributed by atoms with Gasteiger partial charge in [-0.2, -0.15) is 4.98 Å². The number of aryl methyl sites for hydroxylation is 1. The average Bonchev–Trinajstić information content (AvgIpc) is 2.61. The van der Waals surface area contributed by atoms with Crippen molar-refractivity contribution in [3.8, 4) is 0 Å². The van der Waals surface area contributed by atoms with Gasteiger partial charge in [-0.1, -0.05) is 18.2 Å². The molecule has 0 atom stereocenters. The number of nitrogen functional groups attached to an aromatic ring is 1. The van der Waals surface area contributed by atoms with Crippen molar-refractivity contribution < 1.29 is 4.79 Å². The van der Waals surface area contributed by atoms with Crippen molar-refractivity contribution in [2.45, 2.75) is 13.5 Å². The lowest BCUT2D eigenvalue weighted by molar-refractivity contribution is -0.116. The fourth-order valence-corrected chi connectivity index (χ4v) is 1.87. The Bertz CT molecular complexity index is 581. The van der Waals surface area contributed by atoms with Crippen molar-refractivity contribution in [3.63, 3.8) is 0 Å². The standard InChI is InChI=1S/C11H12BrN5O/c1-7-4-2-3-5-8(7)14-9(18)6-17-10(12)15-11(13)16-17/h2-5H,6H2,1H3,(H2,13,16)(H,14,18). The van der Waals surface area contributed by atoms with E-state index < -0.39 is 0 Å². The zero-order chi connectivity index (χ0) is 13.1. The van der Waals surface area contributed by atoms with Crippen LogP contribution in [-0.4, -0.2) is 20.7 Å². The van der Waals surface area contributed by atoms with Crippen molar-refractivity contribution in [3.05, 3.63) is 34.6 Å². The minimum Gasteiger partial charge on any atom is -0.366 e.